The van der Waals surface area contributed by atoms with Gasteiger partial charge in [-0.15, -0.1) is 0 Å². The number of carboxylic acids is 1. The van der Waals surface area contributed by atoms with Crippen LogP contribution >= 0.6 is 11.6 Å². The molecule has 1 atom stereocenters. The van der Waals surface area contributed by atoms with E-state index >= 15 is 0 Å². The Labute approximate surface area is 102 Å². The predicted octanol–water partition coefficient (Wildman–Crippen LogP) is 2.07. The second-order valence-electron chi connectivity index (χ2n) is 3.29. The first-order valence-corrected chi connectivity index (χ1v) is 5.03. The molecule has 0 unspecified atom stereocenters. The highest BCUT2D eigenvalue weighted by atomic mass is 35.5. The van der Waals surface area contributed by atoms with E-state index in [1.807, 2.05) is 0 Å². The minimum absolute atomic E-state index is 0.0603. The fourth-order valence-corrected chi connectivity index (χ4v) is 1.12. The van der Waals surface area contributed by atoms with Crippen LogP contribution in [0.15, 0.2) is 18.2 Å². The van der Waals surface area contributed by atoms with Crippen molar-refractivity contribution in [1.29, 1.82) is 0 Å². The molecular weight excluding hydrogens is 251 g/mol. The van der Waals surface area contributed by atoms with Gasteiger partial charge >= 0.3 is 12.0 Å². The van der Waals surface area contributed by atoms with E-state index < -0.39 is 23.9 Å². The van der Waals surface area contributed by atoms with Crippen LogP contribution in [0.3, 0.4) is 0 Å². The second-order valence-corrected chi connectivity index (χ2v) is 3.69. The van der Waals surface area contributed by atoms with Crippen LogP contribution in [0.4, 0.5) is 14.9 Å². The van der Waals surface area contributed by atoms with Gasteiger partial charge in [-0.05, 0) is 25.1 Å². The third-order valence-corrected chi connectivity index (χ3v) is 2.20. The lowest BCUT2D eigenvalue weighted by molar-refractivity contribution is -0.138. The van der Waals surface area contributed by atoms with Crippen LogP contribution in [0.25, 0.3) is 0 Å². The van der Waals surface area contributed by atoms with E-state index in [0.717, 1.165) is 6.07 Å². The van der Waals surface area contributed by atoms with Crippen molar-refractivity contribution in [2.45, 2.75) is 13.0 Å². The van der Waals surface area contributed by atoms with E-state index in [2.05, 4.69) is 10.6 Å². The lowest BCUT2D eigenvalue weighted by Gasteiger charge is -2.10. The molecule has 0 bridgehead atoms. The smallest absolute Gasteiger partial charge is 0.325 e. The monoisotopic (exact) mass is 260 g/mol. The molecular formula is C10H10ClFN2O3. The number of benzene rings is 1. The van der Waals surface area contributed by atoms with E-state index in [-0.39, 0.29) is 10.7 Å². The van der Waals surface area contributed by atoms with Crippen molar-refractivity contribution in [3.05, 3.63) is 29.0 Å². The second kappa shape index (κ2) is 5.49. The highest BCUT2D eigenvalue weighted by Gasteiger charge is 2.13. The molecule has 0 aliphatic carbocycles. The van der Waals surface area contributed by atoms with Gasteiger partial charge in [-0.2, -0.15) is 0 Å². The molecule has 0 radical (unpaired) electrons. The Kier molecular flexibility index (Phi) is 4.28. The number of anilines is 1. The molecule has 3 N–H and O–H groups in total. The minimum Gasteiger partial charge on any atom is -0.480 e. The van der Waals surface area contributed by atoms with E-state index in [9.17, 15) is 14.0 Å². The molecule has 0 aromatic heterocycles. The fourth-order valence-electron chi connectivity index (χ4n) is 0.999. The normalized spacial score (nSPS) is 11.7. The summed E-state index contributed by atoms with van der Waals surface area (Å²) in [7, 11) is 0. The van der Waals surface area contributed by atoms with Crippen LogP contribution in [0.2, 0.25) is 5.02 Å². The maximum absolute atomic E-state index is 13.0. The zero-order valence-electron chi connectivity index (χ0n) is 8.83. The molecule has 0 spiro atoms. The van der Waals surface area contributed by atoms with Crippen LogP contribution in [-0.2, 0) is 4.79 Å². The number of hydrogen-bond donors (Lipinski definition) is 3. The van der Waals surface area contributed by atoms with Gasteiger partial charge in [0, 0.05) is 5.69 Å². The number of halogens is 2. The Balaban J connectivity index is 2.62. The summed E-state index contributed by atoms with van der Waals surface area (Å²) < 4.78 is 13.0. The first kappa shape index (κ1) is 13.2. The molecule has 17 heavy (non-hydrogen) atoms. The number of carboxylic acid groups (broad SMARTS) is 1. The summed E-state index contributed by atoms with van der Waals surface area (Å²) in [6.45, 7) is 1.31. The van der Waals surface area contributed by atoms with Gasteiger partial charge in [0.25, 0.3) is 0 Å². The van der Waals surface area contributed by atoms with Crippen LogP contribution in [0.5, 0.6) is 0 Å². The van der Waals surface area contributed by atoms with E-state index in [1.54, 1.807) is 0 Å². The largest absolute Gasteiger partial charge is 0.480 e. The molecule has 5 nitrogen and oxygen atoms in total. The molecule has 0 saturated carbocycles. The van der Waals surface area contributed by atoms with Gasteiger partial charge in [0.05, 0.1) is 5.02 Å². The average Bonchev–Trinajstić information content (AvgIpc) is 2.23. The number of hydrogen-bond acceptors (Lipinski definition) is 2. The van der Waals surface area contributed by atoms with Crippen LogP contribution in [0, 0.1) is 5.82 Å². The number of rotatable bonds is 3. The van der Waals surface area contributed by atoms with E-state index in [0.29, 0.717) is 0 Å². The van der Waals surface area contributed by atoms with Gasteiger partial charge in [-0.25, -0.2) is 9.18 Å². The predicted molar refractivity (Wildman–Crippen MR) is 60.7 cm³/mol. The lowest BCUT2D eigenvalue weighted by Crippen LogP contribution is -2.40. The summed E-state index contributed by atoms with van der Waals surface area (Å²) in [5, 5.41) is 12.9. The number of carbonyl (C=O) groups is 2. The first-order chi connectivity index (χ1) is 7.90. The van der Waals surface area contributed by atoms with Gasteiger partial charge in [0.1, 0.15) is 11.9 Å². The van der Waals surface area contributed by atoms with Crippen molar-refractivity contribution < 1.29 is 19.1 Å². The fraction of sp³-hybridized carbons (Fsp3) is 0.200. The molecule has 0 saturated heterocycles. The molecule has 0 heterocycles. The highest BCUT2D eigenvalue weighted by molar-refractivity contribution is 6.30. The molecule has 0 aliphatic heterocycles. The van der Waals surface area contributed by atoms with E-state index in [1.165, 1.54) is 19.1 Å². The zero-order chi connectivity index (χ0) is 13.0. The Morgan fingerprint density at radius 1 is 1.47 bits per heavy atom. The third kappa shape index (κ3) is 3.92. The van der Waals surface area contributed by atoms with Crippen LogP contribution in [0.1, 0.15) is 6.92 Å². The summed E-state index contributed by atoms with van der Waals surface area (Å²) in [6.07, 6.45) is 0. The summed E-state index contributed by atoms with van der Waals surface area (Å²) in [4.78, 5) is 21.7. The number of carbonyl (C=O) groups excluding carboxylic acids is 1. The average molecular weight is 261 g/mol. The molecule has 1 aromatic carbocycles. The lowest BCUT2D eigenvalue weighted by atomic mass is 10.3. The van der Waals surface area contributed by atoms with Crippen LogP contribution in [-0.4, -0.2) is 23.1 Å². The Bertz CT molecular complexity index is 453. The van der Waals surface area contributed by atoms with Crippen LogP contribution < -0.4 is 10.6 Å². The van der Waals surface area contributed by atoms with Gasteiger partial charge in [0.2, 0.25) is 0 Å². The van der Waals surface area contributed by atoms with Crippen molar-refractivity contribution in [3.8, 4) is 0 Å². The third-order valence-electron chi connectivity index (χ3n) is 1.90. The quantitative estimate of drug-likeness (QED) is 0.778. The Morgan fingerprint density at radius 3 is 2.65 bits per heavy atom. The minimum atomic E-state index is -1.16. The van der Waals surface area contributed by atoms with Gasteiger partial charge < -0.3 is 15.7 Å². The number of urea groups is 1. The molecule has 0 fully saturated rings. The highest BCUT2D eigenvalue weighted by Crippen LogP contribution is 2.18. The summed E-state index contributed by atoms with van der Waals surface area (Å²) in [5.74, 6) is -1.84. The number of aliphatic carboxylic acids is 1. The van der Waals surface area contributed by atoms with Gasteiger partial charge in [-0.3, -0.25) is 4.79 Å². The summed E-state index contributed by atoms with van der Waals surface area (Å²) >= 11 is 5.46. The molecule has 7 heteroatoms. The topological polar surface area (TPSA) is 78.4 Å². The maximum Gasteiger partial charge on any atom is 0.325 e. The van der Waals surface area contributed by atoms with Gasteiger partial charge in [-0.1, -0.05) is 11.6 Å². The van der Waals surface area contributed by atoms with Crippen molar-refractivity contribution in [2.75, 3.05) is 5.32 Å². The van der Waals surface area contributed by atoms with E-state index in [4.69, 9.17) is 16.7 Å². The van der Waals surface area contributed by atoms with Crippen molar-refractivity contribution >= 4 is 29.3 Å². The molecule has 92 valence electrons. The van der Waals surface area contributed by atoms with Crippen molar-refractivity contribution in [2.24, 2.45) is 0 Å². The first-order valence-electron chi connectivity index (χ1n) is 4.65. The SMILES string of the molecule is C[C@H](NC(=O)Nc1ccc(Cl)c(F)c1)C(=O)O. The van der Waals surface area contributed by atoms with Gasteiger partial charge in [0.15, 0.2) is 0 Å². The standard InChI is InChI=1S/C10H10ClFN2O3/c1-5(9(15)16)13-10(17)14-6-2-3-7(11)8(12)4-6/h2-5H,1H3,(H,15,16)(H2,13,14,17)/t5-/m0/s1. The molecule has 1 aromatic rings. The number of nitrogens with one attached hydrogen (secondary N) is 2. The Hall–Kier alpha value is -1.82. The zero-order valence-corrected chi connectivity index (χ0v) is 9.58. The summed E-state index contributed by atoms with van der Waals surface area (Å²) in [6, 6.07) is 1.95. The summed E-state index contributed by atoms with van der Waals surface area (Å²) in [5.41, 5.74) is 0.182. The Morgan fingerprint density at radius 2 is 2.12 bits per heavy atom. The van der Waals surface area contributed by atoms with Crippen molar-refractivity contribution in [1.82, 2.24) is 5.32 Å². The maximum atomic E-state index is 13.0. The molecule has 0 aliphatic rings. The molecule has 1 rings (SSSR count). The van der Waals surface area contributed by atoms with Crippen molar-refractivity contribution in [3.63, 3.8) is 0 Å². The number of amides is 2. The molecule has 2 amide bonds.